The molecule has 1 aromatic heterocycles. The third kappa shape index (κ3) is 4.18. The van der Waals surface area contributed by atoms with Crippen molar-refractivity contribution in [3.8, 4) is 0 Å². The Balaban J connectivity index is 1.44. The largest absolute Gasteiger partial charge is 0.481 e. The summed E-state index contributed by atoms with van der Waals surface area (Å²) in [6.07, 6.45) is 3.39. The zero-order valence-corrected chi connectivity index (χ0v) is 20.3. The summed E-state index contributed by atoms with van der Waals surface area (Å²) in [5.41, 5.74) is 3.67. The first kappa shape index (κ1) is 23.2. The topological polar surface area (TPSA) is 62.5 Å². The maximum Gasteiger partial charge on any atom is 0.306 e. The van der Waals surface area contributed by atoms with E-state index < -0.39 is 11.9 Å². The normalized spacial score (nSPS) is 16.9. The first-order chi connectivity index (χ1) is 16.2. The number of carbonyl (C=O) groups is 2. The Bertz CT molecular complexity index is 1310. The minimum absolute atomic E-state index is 0.230. The molecule has 34 heavy (non-hydrogen) atoms. The minimum atomic E-state index is -0.824. The van der Waals surface area contributed by atoms with Crippen LogP contribution in [0.4, 0.5) is 4.39 Å². The summed E-state index contributed by atoms with van der Waals surface area (Å²) in [6, 6.07) is 8.79. The quantitative estimate of drug-likeness (QED) is 0.463. The van der Waals surface area contributed by atoms with E-state index in [1.807, 2.05) is 17.7 Å². The fourth-order valence-electron chi connectivity index (χ4n) is 4.89. The van der Waals surface area contributed by atoms with E-state index in [-0.39, 0.29) is 16.7 Å². The Morgan fingerprint density at radius 3 is 2.44 bits per heavy atom. The number of aromatic nitrogens is 1. The van der Waals surface area contributed by atoms with Crippen LogP contribution in [-0.4, -0.2) is 39.5 Å². The molecule has 1 N–H and O–H groups in total. The van der Waals surface area contributed by atoms with Gasteiger partial charge in [0.2, 0.25) is 0 Å². The van der Waals surface area contributed by atoms with Crippen LogP contribution in [0.2, 0.25) is 10.0 Å². The number of hydrogen-bond donors (Lipinski definition) is 1. The van der Waals surface area contributed by atoms with Crippen LogP contribution >= 0.6 is 23.2 Å². The van der Waals surface area contributed by atoms with Gasteiger partial charge in [-0.25, -0.2) is 4.39 Å². The van der Waals surface area contributed by atoms with Gasteiger partial charge >= 0.3 is 5.97 Å². The molecule has 1 aliphatic carbocycles. The zero-order valence-electron chi connectivity index (χ0n) is 18.8. The van der Waals surface area contributed by atoms with Crippen LogP contribution in [0.25, 0.3) is 10.9 Å². The minimum Gasteiger partial charge on any atom is -0.481 e. The van der Waals surface area contributed by atoms with Gasteiger partial charge in [0, 0.05) is 42.7 Å². The third-order valence-corrected chi connectivity index (χ3v) is 7.97. The van der Waals surface area contributed by atoms with Gasteiger partial charge in [0.15, 0.2) is 0 Å². The number of carboxylic acids is 1. The van der Waals surface area contributed by atoms with E-state index in [0.29, 0.717) is 59.8 Å². The van der Waals surface area contributed by atoms with Gasteiger partial charge in [-0.15, -0.1) is 0 Å². The Morgan fingerprint density at radius 1 is 1.09 bits per heavy atom. The smallest absolute Gasteiger partial charge is 0.306 e. The summed E-state index contributed by atoms with van der Waals surface area (Å²) in [5, 5.41) is 10.5. The molecule has 2 heterocycles. The molecule has 0 radical (unpaired) electrons. The predicted octanol–water partition coefficient (Wildman–Crippen LogP) is 6.03. The Morgan fingerprint density at radius 2 is 1.79 bits per heavy atom. The maximum atomic E-state index is 14.8. The molecule has 0 unspecified atom stereocenters. The molecule has 2 aromatic carbocycles. The van der Waals surface area contributed by atoms with Crippen molar-refractivity contribution in [3.63, 3.8) is 0 Å². The summed E-state index contributed by atoms with van der Waals surface area (Å²) in [6.45, 7) is 0.742. The number of amides is 1. The molecule has 0 atom stereocenters. The van der Waals surface area contributed by atoms with Crippen molar-refractivity contribution in [1.82, 2.24) is 9.47 Å². The highest BCUT2D eigenvalue weighted by molar-refractivity contribution is 6.38. The molecule has 5 rings (SSSR count). The van der Waals surface area contributed by atoms with Crippen LogP contribution < -0.4 is 0 Å². The summed E-state index contributed by atoms with van der Waals surface area (Å²) in [7, 11) is 1.90. The molecular formula is C26H25Cl2FN2O3. The van der Waals surface area contributed by atoms with E-state index in [2.05, 4.69) is 6.07 Å². The Kier molecular flexibility index (Phi) is 6.07. The Hall–Kier alpha value is -2.57. The Labute approximate surface area is 207 Å². The van der Waals surface area contributed by atoms with E-state index >= 15 is 0 Å². The summed E-state index contributed by atoms with van der Waals surface area (Å²) >= 11 is 13.2. The fourth-order valence-corrected chi connectivity index (χ4v) is 5.48. The number of aliphatic carboxylic acids is 1. The number of fused-ring (bicyclic) bond motifs is 1. The highest BCUT2D eigenvalue weighted by atomic mass is 35.5. The van der Waals surface area contributed by atoms with Crippen LogP contribution in [0, 0.1) is 11.7 Å². The van der Waals surface area contributed by atoms with Gasteiger partial charge in [-0.3, -0.25) is 9.59 Å². The van der Waals surface area contributed by atoms with E-state index in [1.54, 1.807) is 23.1 Å². The molecule has 0 bridgehead atoms. The van der Waals surface area contributed by atoms with Gasteiger partial charge < -0.3 is 14.6 Å². The average molecular weight is 503 g/mol. The number of carbonyl (C=O) groups excluding carboxylic acids is 1. The van der Waals surface area contributed by atoms with Gasteiger partial charge in [-0.2, -0.15) is 0 Å². The van der Waals surface area contributed by atoms with Gasteiger partial charge in [-0.1, -0.05) is 23.2 Å². The molecule has 1 saturated heterocycles. The van der Waals surface area contributed by atoms with E-state index in [1.165, 1.54) is 0 Å². The number of aryl methyl sites for hydroxylation is 1. The molecule has 1 amide bonds. The second-order valence-electron chi connectivity index (χ2n) is 9.37. The summed E-state index contributed by atoms with van der Waals surface area (Å²) in [4.78, 5) is 26.0. The molecule has 2 aliphatic rings. The highest BCUT2D eigenvalue weighted by Gasteiger charge is 2.29. The lowest BCUT2D eigenvalue weighted by atomic mass is 9.96. The van der Waals surface area contributed by atoms with E-state index in [0.717, 1.165) is 29.6 Å². The lowest BCUT2D eigenvalue weighted by Crippen LogP contribution is -2.40. The molecule has 2 fully saturated rings. The molecule has 1 saturated carbocycles. The lowest BCUT2D eigenvalue weighted by molar-refractivity contribution is -0.143. The van der Waals surface area contributed by atoms with Crippen molar-refractivity contribution < 1.29 is 19.1 Å². The van der Waals surface area contributed by atoms with Gasteiger partial charge in [0.1, 0.15) is 5.82 Å². The first-order valence-electron chi connectivity index (χ1n) is 11.5. The number of benzene rings is 2. The van der Waals surface area contributed by atoms with Crippen molar-refractivity contribution in [2.45, 2.75) is 38.0 Å². The van der Waals surface area contributed by atoms with Crippen molar-refractivity contribution in [1.29, 1.82) is 0 Å². The van der Waals surface area contributed by atoms with Crippen molar-refractivity contribution in [3.05, 3.63) is 68.6 Å². The van der Waals surface area contributed by atoms with Crippen LogP contribution in [0.3, 0.4) is 0 Å². The summed E-state index contributed by atoms with van der Waals surface area (Å²) < 4.78 is 16.8. The lowest BCUT2D eigenvalue weighted by Gasteiger charge is -2.30. The zero-order chi connectivity index (χ0) is 24.1. The predicted molar refractivity (Wildman–Crippen MR) is 130 cm³/mol. The fraction of sp³-hybridized carbons (Fsp3) is 0.385. The van der Waals surface area contributed by atoms with Crippen molar-refractivity contribution in [2.75, 3.05) is 13.1 Å². The monoisotopic (exact) mass is 502 g/mol. The number of likely N-dealkylation sites (tertiary alicyclic amines) is 1. The van der Waals surface area contributed by atoms with Crippen LogP contribution in [0.1, 0.15) is 58.8 Å². The first-order valence-corrected chi connectivity index (χ1v) is 12.3. The third-order valence-electron chi connectivity index (χ3n) is 7.19. The highest BCUT2D eigenvalue weighted by Crippen LogP contribution is 2.42. The average Bonchev–Trinajstić information content (AvgIpc) is 3.62. The molecule has 178 valence electrons. The number of halogens is 3. The molecule has 0 spiro atoms. The molecule has 3 aromatic rings. The maximum absolute atomic E-state index is 14.8. The number of nitrogens with zero attached hydrogens (tertiary/aromatic N) is 2. The van der Waals surface area contributed by atoms with Crippen molar-refractivity contribution >= 4 is 46.0 Å². The number of rotatable bonds is 5. The second-order valence-corrected chi connectivity index (χ2v) is 10.2. The van der Waals surface area contributed by atoms with Gasteiger partial charge in [0.25, 0.3) is 5.91 Å². The molecular weight excluding hydrogens is 478 g/mol. The van der Waals surface area contributed by atoms with Gasteiger partial charge in [0.05, 0.1) is 22.0 Å². The van der Waals surface area contributed by atoms with Crippen LogP contribution in [0.5, 0.6) is 0 Å². The summed E-state index contributed by atoms with van der Waals surface area (Å²) in [5.74, 6) is -1.26. The molecule has 8 heteroatoms. The van der Waals surface area contributed by atoms with E-state index in [4.69, 9.17) is 23.2 Å². The SMILES string of the molecule is Cn1c(Cc2c(Cl)ccc(C(=O)N3CCC(C(=O)O)CC3)c2Cl)cc2c(F)cc(C3CC3)cc21. The molecule has 1 aliphatic heterocycles. The second kappa shape index (κ2) is 8.90. The van der Waals surface area contributed by atoms with E-state index in [9.17, 15) is 19.1 Å². The van der Waals surface area contributed by atoms with Crippen molar-refractivity contribution in [2.24, 2.45) is 13.0 Å². The van der Waals surface area contributed by atoms with Crippen LogP contribution in [-0.2, 0) is 18.3 Å². The van der Waals surface area contributed by atoms with Crippen LogP contribution in [0.15, 0.2) is 30.3 Å². The van der Waals surface area contributed by atoms with Gasteiger partial charge in [-0.05, 0) is 73.1 Å². The molecule has 5 nitrogen and oxygen atoms in total. The standard InChI is InChI=1S/C26H25Cl2FN2O3/c1-30-17(13-20-22(29)10-16(11-23(20)30)14-2-3-14)12-19-21(27)5-4-18(24(19)28)25(32)31-8-6-15(7-9-31)26(33)34/h4-5,10-11,13-15H,2-3,6-9,12H2,1H3,(H,33,34). The number of hydrogen-bond acceptors (Lipinski definition) is 2. The number of carboxylic acid groups (broad SMARTS) is 1. The number of piperidine rings is 1.